The van der Waals surface area contributed by atoms with E-state index in [-0.39, 0.29) is 12.4 Å². The molecular formula is C11H11Br2ClO2. The first-order chi connectivity index (χ1) is 7.58. The Balaban J connectivity index is 2.95. The van der Waals surface area contributed by atoms with Gasteiger partial charge in [0.15, 0.2) is 0 Å². The third-order valence-corrected chi connectivity index (χ3v) is 3.52. The summed E-state index contributed by atoms with van der Waals surface area (Å²) in [6.07, 6.45) is 0.201. The van der Waals surface area contributed by atoms with Crippen LogP contribution in [0.25, 0.3) is 0 Å². The fourth-order valence-electron chi connectivity index (χ4n) is 1.30. The lowest BCUT2D eigenvalue weighted by Crippen LogP contribution is -2.08. The van der Waals surface area contributed by atoms with Gasteiger partial charge in [-0.25, -0.2) is 0 Å². The van der Waals surface area contributed by atoms with Crippen LogP contribution < -0.4 is 0 Å². The zero-order chi connectivity index (χ0) is 12.1. The van der Waals surface area contributed by atoms with Crippen LogP contribution in [0.3, 0.4) is 0 Å². The van der Waals surface area contributed by atoms with Gasteiger partial charge in [0.1, 0.15) is 0 Å². The van der Waals surface area contributed by atoms with E-state index in [1.165, 1.54) is 0 Å². The maximum Gasteiger partial charge on any atom is 0.310 e. The molecule has 0 N–H and O–H groups in total. The van der Waals surface area contributed by atoms with Crippen LogP contribution in [0.5, 0.6) is 0 Å². The molecule has 2 nitrogen and oxygen atoms in total. The highest BCUT2D eigenvalue weighted by molar-refractivity contribution is 9.10. The minimum Gasteiger partial charge on any atom is -0.466 e. The van der Waals surface area contributed by atoms with Gasteiger partial charge in [0.25, 0.3) is 0 Å². The van der Waals surface area contributed by atoms with Crippen LogP contribution in [0.4, 0.5) is 0 Å². The standard InChI is InChI=1S/C11H11Br2ClO2/c1-2-16-10(15)5-7-3-9(13)4-8(6-12)11(7)14/h3-4H,2,5-6H2,1H3. The molecule has 5 heteroatoms. The quantitative estimate of drug-likeness (QED) is 0.589. The summed E-state index contributed by atoms with van der Waals surface area (Å²) in [6, 6.07) is 3.76. The topological polar surface area (TPSA) is 26.3 Å². The predicted molar refractivity (Wildman–Crippen MR) is 72.1 cm³/mol. The summed E-state index contributed by atoms with van der Waals surface area (Å²) < 4.78 is 5.80. The summed E-state index contributed by atoms with van der Waals surface area (Å²) in [5.41, 5.74) is 1.74. The van der Waals surface area contributed by atoms with E-state index in [1.54, 1.807) is 6.92 Å². The largest absolute Gasteiger partial charge is 0.466 e. The Bertz CT molecular complexity index is 394. The molecule has 16 heavy (non-hydrogen) atoms. The van der Waals surface area contributed by atoms with E-state index in [4.69, 9.17) is 16.3 Å². The van der Waals surface area contributed by atoms with Crippen molar-refractivity contribution in [2.75, 3.05) is 6.61 Å². The van der Waals surface area contributed by atoms with Gasteiger partial charge in [0.2, 0.25) is 0 Å². The second kappa shape index (κ2) is 6.62. The Kier molecular flexibility index (Phi) is 5.79. The van der Waals surface area contributed by atoms with Crippen molar-refractivity contribution in [1.29, 1.82) is 0 Å². The molecule has 0 heterocycles. The fourth-order valence-corrected chi connectivity index (χ4v) is 2.70. The van der Waals surface area contributed by atoms with Crippen LogP contribution in [0.2, 0.25) is 5.02 Å². The van der Waals surface area contributed by atoms with Crippen molar-refractivity contribution in [2.45, 2.75) is 18.7 Å². The number of rotatable bonds is 4. The van der Waals surface area contributed by atoms with Crippen molar-refractivity contribution in [1.82, 2.24) is 0 Å². The Morgan fingerprint density at radius 2 is 2.06 bits per heavy atom. The second-order valence-corrected chi connectivity index (χ2v) is 5.01. The van der Waals surface area contributed by atoms with Gasteiger partial charge in [-0.15, -0.1) is 0 Å². The molecule has 0 atom stereocenters. The number of carbonyl (C=O) groups is 1. The molecular weight excluding hydrogens is 359 g/mol. The van der Waals surface area contributed by atoms with Crippen molar-refractivity contribution in [3.8, 4) is 0 Å². The lowest BCUT2D eigenvalue weighted by atomic mass is 10.1. The van der Waals surface area contributed by atoms with Crippen molar-refractivity contribution in [3.05, 3.63) is 32.8 Å². The van der Waals surface area contributed by atoms with E-state index >= 15 is 0 Å². The Morgan fingerprint density at radius 1 is 1.44 bits per heavy atom. The summed E-state index contributed by atoms with van der Waals surface area (Å²) in [5.74, 6) is -0.261. The number of alkyl halides is 1. The van der Waals surface area contributed by atoms with Crippen LogP contribution in [0, 0.1) is 0 Å². The number of halogens is 3. The first-order valence-corrected chi connectivity index (χ1v) is 7.06. The molecule has 0 unspecified atom stereocenters. The van der Waals surface area contributed by atoms with Crippen LogP contribution in [0.15, 0.2) is 16.6 Å². The lowest BCUT2D eigenvalue weighted by molar-refractivity contribution is -0.142. The Morgan fingerprint density at radius 3 is 2.62 bits per heavy atom. The zero-order valence-electron chi connectivity index (χ0n) is 8.73. The normalized spacial score (nSPS) is 10.2. The third-order valence-electron chi connectivity index (χ3n) is 1.97. The molecule has 0 aliphatic carbocycles. The van der Waals surface area contributed by atoms with E-state index < -0.39 is 0 Å². The molecule has 0 bridgehead atoms. The van der Waals surface area contributed by atoms with Crippen molar-refractivity contribution in [3.63, 3.8) is 0 Å². The smallest absolute Gasteiger partial charge is 0.310 e. The van der Waals surface area contributed by atoms with Gasteiger partial charge in [0, 0.05) is 14.8 Å². The van der Waals surface area contributed by atoms with E-state index in [0.29, 0.717) is 17.0 Å². The van der Waals surface area contributed by atoms with Gasteiger partial charge in [-0.1, -0.05) is 43.5 Å². The molecule has 88 valence electrons. The number of esters is 1. The summed E-state index contributed by atoms with van der Waals surface area (Å²) in [7, 11) is 0. The molecule has 1 aromatic rings. The molecule has 0 spiro atoms. The molecule has 0 fully saturated rings. The Hall–Kier alpha value is -0.0600. The molecule has 1 aromatic carbocycles. The lowest BCUT2D eigenvalue weighted by Gasteiger charge is -2.08. The average molecular weight is 370 g/mol. The highest BCUT2D eigenvalue weighted by Crippen LogP contribution is 2.28. The van der Waals surface area contributed by atoms with Crippen LogP contribution >= 0.6 is 43.5 Å². The van der Waals surface area contributed by atoms with Gasteiger partial charge in [-0.2, -0.15) is 0 Å². The van der Waals surface area contributed by atoms with Gasteiger partial charge in [0.05, 0.1) is 13.0 Å². The monoisotopic (exact) mass is 368 g/mol. The number of hydrogen-bond donors (Lipinski definition) is 0. The predicted octanol–water partition coefficient (Wildman–Crippen LogP) is 4.10. The molecule has 1 rings (SSSR count). The van der Waals surface area contributed by atoms with E-state index in [2.05, 4.69) is 31.9 Å². The highest BCUT2D eigenvalue weighted by atomic mass is 79.9. The van der Waals surface area contributed by atoms with Gasteiger partial charge >= 0.3 is 5.97 Å². The fraction of sp³-hybridized carbons (Fsp3) is 0.364. The molecule has 0 saturated heterocycles. The molecule has 0 aliphatic heterocycles. The summed E-state index contributed by atoms with van der Waals surface area (Å²) in [4.78, 5) is 11.4. The van der Waals surface area contributed by atoms with Gasteiger partial charge in [-0.3, -0.25) is 4.79 Å². The number of ether oxygens (including phenoxy) is 1. The molecule has 0 aromatic heterocycles. The zero-order valence-corrected chi connectivity index (χ0v) is 12.7. The van der Waals surface area contributed by atoms with Crippen molar-refractivity contribution >= 4 is 49.4 Å². The molecule has 0 aliphatic rings. The summed E-state index contributed by atoms with van der Waals surface area (Å²) in [6.45, 7) is 2.17. The van der Waals surface area contributed by atoms with E-state index in [1.807, 2.05) is 12.1 Å². The minimum atomic E-state index is -0.261. The average Bonchev–Trinajstić information content (AvgIpc) is 2.23. The maximum atomic E-state index is 11.4. The Labute approximate surface area is 117 Å². The van der Waals surface area contributed by atoms with Crippen molar-refractivity contribution < 1.29 is 9.53 Å². The minimum absolute atomic E-state index is 0.201. The van der Waals surface area contributed by atoms with Crippen LogP contribution in [-0.2, 0) is 21.3 Å². The highest BCUT2D eigenvalue weighted by Gasteiger charge is 2.11. The number of benzene rings is 1. The number of hydrogen-bond acceptors (Lipinski definition) is 2. The third kappa shape index (κ3) is 3.75. The molecule has 0 saturated carbocycles. The first-order valence-electron chi connectivity index (χ1n) is 4.76. The SMILES string of the molecule is CCOC(=O)Cc1cc(Br)cc(CBr)c1Cl. The summed E-state index contributed by atoms with van der Waals surface area (Å²) in [5, 5.41) is 1.27. The second-order valence-electron chi connectivity index (χ2n) is 3.15. The van der Waals surface area contributed by atoms with Gasteiger partial charge in [-0.05, 0) is 30.2 Å². The van der Waals surface area contributed by atoms with Crippen LogP contribution in [0.1, 0.15) is 18.1 Å². The van der Waals surface area contributed by atoms with Crippen LogP contribution in [-0.4, -0.2) is 12.6 Å². The molecule has 0 radical (unpaired) electrons. The first kappa shape index (κ1) is 14.0. The van der Waals surface area contributed by atoms with Gasteiger partial charge < -0.3 is 4.74 Å². The molecule has 0 amide bonds. The van der Waals surface area contributed by atoms with E-state index in [9.17, 15) is 4.79 Å². The summed E-state index contributed by atoms with van der Waals surface area (Å²) >= 11 is 12.9. The van der Waals surface area contributed by atoms with Crippen molar-refractivity contribution in [2.24, 2.45) is 0 Å². The number of carbonyl (C=O) groups excluding carboxylic acids is 1. The maximum absolute atomic E-state index is 11.4. The van der Waals surface area contributed by atoms with E-state index in [0.717, 1.165) is 15.6 Å².